The molecule has 0 radical (unpaired) electrons. The van der Waals surface area contributed by atoms with Crippen LogP contribution in [0.4, 0.5) is 0 Å². The van der Waals surface area contributed by atoms with E-state index in [4.69, 9.17) is 16.3 Å². The Hall–Kier alpha value is -1.73. The van der Waals surface area contributed by atoms with E-state index >= 15 is 0 Å². The second-order valence-corrected chi connectivity index (χ2v) is 4.47. The number of hydrogen-bond acceptors (Lipinski definition) is 1. The molecule has 0 N–H and O–H groups in total. The van der Waals surface area contributed by atoms with Crippen LogP contribution in [0.3, 0.4) is 0 Å². The topological polar surface area (TPSA) is 9.23 Å². The van der Waals surface area contributed by atoms with Crippen molar-refractivity contribution >= 4 is 11.6 Å². The minimum absolute atomic E-state index is 0.0337. The van der Waals surface area contributed by atoms with E-state index in [0.29, 0.717) is 5.02 Å². The molecule has 1 atom stereocenters. The van der Waals surface area contributed by atoms with Gasteiger partial charge in [-0.15, -0.1) is 0 Å². The lowest BCUT2D eigenvalue weighted by atomic mass is 10.1. The van der Waals surface area contributed by atoms with Crippen molar-refractivity contribution in [3.05, 3.63) is 77.8 Å². The molecule has 0 bridgehead atoms. The number of rotatable bonds is 5. The Morgan fingerprint density at radius 1 is 1.06 bits per heavy atom. The quantitative estimate of drug-likeness (QED) is 0.717. The maximum absolute atomic E-state index is 5.85. The van der Waals surface area contributed by atoms with Gasteiger partial charge in [-0.1, -0.05) is 54.6 Å². The zero-order valence-corrected chi connectivity index (χ0v) is 10.8. The standard InChI is InChI=1S/C16H15ClO/c1-2-15(12-13-6-4-3-5-7-13)18-16-10-8-14(17)9-11-16/h2-11,15H,1,12H2. The predicted molar refractivity (Wildman–Crippen MR) is 76.2 cm³/mol. The van der Waals surface area contributed by atoms with Crippen LogP contribution < -0.4 is 4.74 Å². The summed E-state index contributed by atoms with van der Waals surface area (Å²) in [7, 11) is 0. The lowest BCUT2D eigenvalue weighted by Crippen LogP contribution is -2.16. The molecule has 0 saturated heterocycles. The van der Waals surface area contributed by atoms with Crippen molar-refractivity contribution in [1.29, 1.82) is 0 Å². The maximum Gasteiger partial charge on any atom is 0.121 e. The van der Waals surface area contributed by atoms with Crippen LogP contribution in [0, 0.1) is 0 Å². The average molecular weight is 259 g/mol. The number of halogens is 1. The Morgan fingerprint density at radius 3 is 2.33 bits per heavy atom. The summed E-state index contributed by atoms with van der Waals surface area (Å²) in [5.41, 5.74) is 1.23. The second kappa shape index (κ2) is 6.27. The lowest BCUT2D eigenvalue weighted by molar-refractivity contribution is 0.250. The molecule has 0 aliphatic carbocycles. The van der Waals surface area contributed by atoms with Crippen molar-refractivity contribution in [2.24, 2.45) is 0 Å². The van der Waals surface area contributed by atoms with Gasteiger partial charge in [-0.3, -0.25) is 0 Å². The summed E-state index contributed by atoms with van der Waals surface area (Å²) in [5, 5.41) is 0.709. The molecule has 2 aromatic rings. The Morgan fingerprint density at radius 2 is 1.72 bits per heavy atom. The van der Waals surface area contributed by atoms with Gasteiger partial charge in [0.1, 0.15) is 11.9 Å². The first-order chi connectivity index (χ1) is 8.78. The second-order valence-electron chi connectivity index (χ2n) is 4.04. The normalized spacial score (nSPS) is 11.8. The predicted octanol–water partition coefficient (Wildman–Crippen LogP) is 4.52. The fourth-order valence-electron chi connectivity index (χ4n) is 1.71. The molecule has 0 amide bonds. The van der Waals surface area contributed by atoms with Crippen molar-refractivity contribution < 1.29 is 4.74 Å². The molecule has 2 aromatic carbocycles. The van der Waals surface area contributed by atoms with Gasteiger partial charge in [0.25, 0.3) is 0 Å². The number of ether oxygens (including phenoxy) is 1. The third kappa shape index (κ3) is 3.64. The van der Waals surface area contributed by atoms with Crippen molar-refractivity contribution in [3.8, 4) is 5.75 Å². The molecule has 18 heavy (non-hydrogen) atoms. The molecule has 0 saturated carbocycles. The van der Waals surface area contributed by atoms with Crippen LogP contribution in [-0.4, -0.2) is 6.10 Å². The minimum atomic E-state index is -0.0337. The number of benzene rings is 2. The highest BCUT2D eigenvalue weighted by atomic mass is 35.5. The van der Waals surface area contributed by atoms with E-state index in [1.807, 2.05) is 48.5 Å². The molecular formula is C16H15ClO. The third-order valence-electron chi connectivity index (χ3n) is 2.64. The van der Waals surface area contributed by atoms with E-state index in [1.54, 1.807) is 0 Å². The van der Waals surface area contributed by atoms with E-state index in [9.17, 15) is 0 Å². The van der Waals surface area contributed by atoms with Gasteiger partial charge in [0.15, 0.2) is 0 Å². The highest BCUT2D eigenvalue weighted by molar-refractivity contribution is 6.30. The van der Waals surface area contributed by atoms with Crippen molar-refractivity contribution in [1.82, 2.24) is 0 Å². The molecule has 2 rings (SSSR count). The van der Waals surface area contributed by atoms with Gasteiger partial charge in [0, 0.05) is 11.4 Å². The summed E-state index contributed by atoms with van der Waals surface area (Å²) in [5.74, 6) is 0.806. The molecule has 0 spiro atoms. The van der Waals surface area contributed by atoms with E-state index in [1.165, 1.54) is 5.56 Å². The Bertz CT molecular complexity index is 490. The molecule has 1 nitrogen and oxygen atoms in total. The van der Waals surface area contributed by atoms with Crippen molar-refractivity contribution in [2.45, 2.75) is 12.5 Å². The van der Waals surface area contributed by atoms with Gasteiger partial charge in [-0.05, 0) is 29.8 Å². The average Bonchev–Trinajstić information content (AvgIpc) is 2.41. The minimum Gasteiger partial charge on any atom is -0.486 e. The molecule has 0 aromatic heterocycles. The van der Waals surface area contributed by atoms with Gasteiger partial charge >= 0.3 is 0 Å². The summed E-state index contributed by atoms with van der Waals surface area (Å²) >= 11 is 5.84. The first-order valence-electron chi connectivity index (χ1n) is 5.86. The van der Waals surface area contributed by atoms with Crippen LogP contribution in [0.5, 0.6) is 5.75 Å². The first-order valence-corrected chi connectivity index (χ1v) is 6.24. The summed E-state index contributed by atoms with van der Waals surface area (Å²) in [6.07, 6.45) is 2.60. The molecule has 92 valence electrons. The molecular weight excluding hydrogens is 244 g/mol. The lowest BCUT2D eigenvalue weighted by Gasteiger charge is -2.15. The zero-order chi connectivity index (χ0) is 12.8. The van der Waals surface area contributed by atoms with Gasteiger partial charge in [-0.2, -0.15) is 0 Å². The SMILES string of the molecule is C=CC(Cc1ccccc1)Oc1ccc(Cl)cc1. The fourth-order valence-corrected chi connectivity index (χ4v) is 1.83. The summed E-state index contributed by atoms with van der Waals surface area (Å²) in [6, 6.07) is 17.6. The fraction of sp³-hybridized carbons (Fsp3) is 0.125. The Labute approximate surface area is 113 Å². The Balaban J connectivity index is 2.01. The van der Waals surface area contributed by atoms with Crippen molar-refractivity contribution in [3.63, 3.8) is 0 Å². The molecule has 2 heteroatoms. The molecule has 0 heterocycles. The third-order valence-corrected chi connectivity index (χ3v) is 2.90. The molecule has 0 fully saturated rings. The highest BCUT2D eigenvalue weighted by Crippen LogP contribution is 2.18. The molecule has 1 unspecified atom stereocenters. The van der Waals surface area contributed by atoms with Crippen LogP contribution >= 0.6 is 11.6 Å². The first kappa shape index (κ1) is 12.7. The largest absolute Gasteiger partial charge is 0.486 e. The zero-order valence-electron chi connectivity index (χ0n) is 10.1. The van der Waals surface area contributed by atoms with E-state index in [-0.39, 0.29) is 6.10 Å². The highest BCUT2D eigenvalue weighted by Gasteiger charge is 2.07. The van der Waals surface area contributed by atoms with Crippen LogP contribution in [0.2, 0.25) is 5.02 Å². The van der Waals surface area contributed by atoms with Crippen LogP contribution in [0.25, 0.3) is 0 Å². The summed E-state index contributed by atoms with van der Waals surface area (Å²) in [6.45, 7) is 3.82. The Kier molecular flexibility index (Phi) is 4.43. The molecule has 0 aliphatic heterocycles. The van der Waals surface area contributed by atoms with Gasteiger partial charge in [0.05, 0.1) is 0 Å². The van der Waals surface area contributed by atoms with Gasteiger partial charge < -0.3 is 4.74 Å². The monoisotopic (exact) mass is 258 g/mol. The van der Waals surface area contributed by atoms with Crippen LogP contribution in [0.1, 0.15) is 5.56 Å². The molecule has 0 aliphatic rings. The smallest absolute Gasteiger partial charge is 0.121 e. The maximum atomic E-state index is 5.85. The van der Waals surface area contributed by atoms with Crippen molar-refractivity contribution in [2.75, 3.05) is 0 Å². The number of hydrogen-bond donors (Lipinski definition) is 0. The van der Waals surface area contributed by atoms with Gasteiger partial charge in [0.2, 0.25) is 0 Å². The van der Waals surface area contributed by atoms with Crippen LogP contribution in [0.15, 0.2) is 67.3 Å². The van der Waals surface area contributed by atoms with E-state index in [0.717, 1.165) is 12.2 Å². The summed E-state index contributed by atoms with van der Waals surface area (Å²) in [4.78, 5) is 0. The van der Waals surface area contributed by atoms with E-state index in [2.05, 4.69) is 18.7 Å². The summed E-state index contributed by atoms with van der Waals surface area (Å²) < 4.78 is 5.85. The van der Waals surface area contributed by atoms with Gasteiger partial charge in [-0.25, -0.2) is 0 Å². The van der Waals surface area contributed by atoms with E-state index < -0.39 is 0 Å². The van der Waals surface area contributed by atoms with Crippen LogP contribution in [-0.2, 0) is 6.42 Å².